The summed E-state index contributed by atoms with van der Waals surface area (Å²) in [5, 5.41) is 11.3. The molecule has 1 aromatic rings. The third-order valence-electron chi connectivity index (χ3n) is 11.1. The first kappa shape index (κ1) is 36.1. The van der Waals surface area contributed by atoms with Crippen LogP contribution in [0.1, 0.15) is 71.9 Å². The second kappa shape index (κ2) is 14.0. The summed E-state index contributed by atoms with van der Waals surface area (Å²) >= 11 is 0. The van der Waals surface area contributed by atoms with Gasteiger partial charge in [-0.1, -0.05) is 71.7 Å². The average molecular weight is 681 g/mol. The Kier molecular flexibility index (Phi) is 10.3. The molecule has 1 heterocycles. The highest BCUT2D eigenvalue weighted by molar-refractivity contribution is 6.37. The fourth-order valence-electron chi connectivity index (χ4n) is 7.75. The van der Waals surface area contributed by atoms with E-state index in [2.05, 4.69) is 35.1 Å². The van der Waals surface area contributed by atoms with E-state index in [-0.39, 0.29) is 41.6 Å². The highest BCUT2D eigenvalue weighted by Crippen LogP contribution is 2.65. The van der Waals surface area contributed by atoms with E-state index in [0.29, 0.717) is 32.4 Å². The number of hydrogen-bond donors (Lipinski definition) is 5. The number of carbonyl (C=O) groups is 6. The summed E-state index contributed by atoms with van der Waals surface area (Å²) in [4.78, 5) is 80.6. The van der Waals surface area contributed by atoms with Crippen molar-refractivity contribution in [2.45, 2.75) is 97.8 Å². The molecular formula is C36H52N6O7. The quantitative estimate of drug-likeness (QED) is 0.197. The topological polar surface area (TPSA) is 189 Å². The van der Waals surface area contributed by atoms with Gasteiger partial charge >= 0.3 is 12.1 Å². The molecule has 6 N–H and O–H groups in total. The molecule has 4 aliphatic rings. The van der Waals surface area contributed by atoms with E-state index in [9.17, 15) is 28.8 Å². The number of alkyl carbamates (subject to hydrolysis) is 1. The van der Waals surface area contributed by atoms with Crippen molar-refractivity contribution in [2.24, 2.45) is 40.2 Å². The minimum absolute atomic E-state index is 0.0628. The zero-order valence-corrected chi connectivity index (χ0v) is 29.5. The summed E-state index contributed by atoms with van der Waals surface area (Å²) in [6, 6.07) is 3.88. The van der Waals surface area contributed by atoms with Crippen molar-refractivity contribution in [3.63, 3.8) is 0 Å². The highest BCUT2D eigenvalue weighted by atomic mass is 16.5. The molecule has 1 saturated heterocycles. The molecule has 6 atom stereocenters. The maximum Gasteiger partial charge on any atom is 0.407 e. The number of hydrogen-bond acceptors (Lipinski definition) is 7. The molecule has 5 rings (SSSR count). The molecule has 4 unspecified atom stereocenters. The van der Waals surface area contributed by atoms with Gasteiger partial charge in [0.15, 0.2) is 0 Å². The Morgan fingerprint density at radius 3 is 2.18 bits per heavy atom. The number of piperidine rings is 1. The molecule has 49 heavy (non-hydrogen) atoms. The van der Waals surface area contributed by atoms with Gasteiger partial charge in [0.1, 0.15) is 18.7 Å². The molecule has 3 fully saturated rings. The van der Waals surface area contributed by atoms with Gasteiger partial charge in [0.05, 0.1) is 12.1 Å². The Balaban J connectivity index is 1.38. The van der Waals surface area contributed by atoms with Crippen LogP contribution in [0, 0.1) is 34.5 Å². The number of carbonyl (C=O) groups excluding carboxylic acids is 6. The number of Topliss-reactive ketones (excluding diaryl/α,β-unsaturated/α-hetero) is 1. The van der Waals surface area contributed by atoms with Crippen LogP contribution in [0.2, 0.25) is 0 Å². The number of nitrogens with two attached hydrogens (primary N) is 1. The first-order valence-electron chi connectivity index (χ1n) is 17.5. The second-order valence-corrected chi connectivity index (χ2v) is 15.9. The summed E-state index contributed by atoms with van der Waals surface area (Å²) in [6.45, 7) is 12.3. The summed E-state index contributed by atoms with van der Waals surface area (Å²) in [7, 11) is 0. The van der Waals surface area contributed by atoms with Crippen LogP contribution in [0.4, 0.5) is 9.59 Å². The smallest absolute Gasteiger partial charge is 0.407 e. The lowest BCUT2D eigenvalue weighted by Gasteiger charge is -2.36. The Hall–Kier alpha value is -4.16. The monoisotopic (exact) mass is 680 g/mol. The van der Waals surface area contributed by atoms with Crippen LogP contribution in [-0.2, 0) is 36.8 Å². The largest absolute Gasteiger partial charge is 0.447 e. The zero-order chi connectivity index (χ0) is 35.8. The van der Waals surface area contributed by atoms with Crippen molar-refractivity contribution in [1.29, 1.82) is 0 Å². The van der Waals surface area contributed by atoms with Crippen LogP contribution < -0.4 is 27.0 Å². The van der Waals surface area contributed by atoms with Crippen LogP contribution in [0.3, 0.4) is 0 Å². The molecular weight excluding hydrogens is 628 g/mol. The van der Waals surface area contributed by atoms with Gasteiger partial charge in [-0.25, -0.2) is 9.59 Å². The maximum absolute atomic E-state index is 14.7. The molecule has 1 aromatic carbocycles. The zero-order valence-electron chi connectivity index (χ0n) is 29.5. The van der Waals surface area contributed by atoms with Crippen LogP contribution >= 0.6 is 0 Å². The number of ether oxygens (including phenoxy) is 1. The second-order valence-electron chi connectivity index (χ2n) is 15.9. The predicted octanol–water partition coefficient (Wildman–Crippen LogP) is 2.05. The minimum Gasteiger partial charge on any atom is -0.447 e. The molecule has 268 valence electrons. The average Bonchev–Trinajstić information content (AvgIpc) is 3.78. The number of urea groups is 1. The third-order valence-corrected chi connectivity index (χ3v) is 11.1. The van der Waals surface area contributed by atoms with E-state index in [4.69, 9.17) is 10.5 Å². The molecule has 13 heteroatoms. The van der Waals surface area contributed by atoms with E-state index in [1.807, 2.05) is 45.0 Å². The number of primary amides is 1. The van der Waals surface area contributed by atoms with E-state index >= 15 is 0 Å². The van der Waals surface area contributed by atoms with Gasteiger partial charge in [-0.3, -0.25) is 19.2 Å². The van der Waals surface area contributed by atoms with Crippen molar-refractivity contribution in [1.82, 2.24) is 26.2 Å². The van der Waals surface area contributed by atoms with Crippen molar-refractivity contribution in [3.8, 4) is 0 Å². The highest BCUT2D eigenvalue weighted by Gasteiger charge is 2.70. The van der Waals surface area contributed by atoms with Crippen molar-refractivity contribution in [2.75, 3.05) is 19.7 Å². The Morgan fingerprint density at radius 1 is 1.00 bits per heavy atom. The van der Waals surface area contributed by atoms with Crippen molar-refractivity contribution in [3.05, 3.63) is 35.4 Å². The van der Waals surface area contributed by atoms with Gasteiger partial charge in [-0.15, -0.1) is 0 Å². The molecule has 13 nitrogen and oxygen atoms in total. The molecule has 0 bridgehead atoms. The van der Waals surface area contributed by atoms with E-state index in [0.717, 1.165) is 24.0 Å². The summed E-state index contributed by atoms with van der Waals surface area (Å²) in [5.41, 5.74) is 6.85. The van der Waals surface area contributed by atoms with Crippen LogP contribution in [-0.4, -0.2) is 84.4 Å². The lowest BCUT2D eigenvalue weighted by molar-refractivity contribution is -0.144. The van der Waals surface area contributed by atoms with Gasteiger partial charge in [-0.05, 0) is 71.8 Å². The number of benzene rings is 1. The number of nitrogens with one attached hydrogen (secondary N) is 4. The summed E-state index contributed by atoms with van der Waals surface area (Å²) in [6.07, 6.45) is 2.70. The fraction of sp³-hybridized carbons (Fsp3) is 0.667. The number of fused-ring (bicyclic) bond motifs is 2. The molecule has 0 aromatic heterocycles. The predicted molar refractivity (Wildman–Crippen MR) is 181 cm³/mol. The SMILES string of the molecule is CCNC(=O)OCC(NC(=O)N[C@H](C(=O)N1CC2C([C@H]1C(=O)NC(CC1CC1)C(=O)C(N)=O)C2(C)C)C1Cc2ccccc2C1)C(C)(C)C. The number of nitrogens with zero attached hydrogens (tertiary/aromatic N) is 1. The van der Waals surface area contributed by atoms with Gasteiger partial charge < -0.3 is 36.6 Å². The Bertz CT molecular complexity index is 1460. The summed E-state index contributed by atoms with van der Waals surface area (Å²) in [5.74, 6) is -2.92. The fourth-order valence-corrected chi connectivity index (χ4v) is 7.75. The molecule has 0 radical (unpaired) electrons. The third kappa shape index (κ3) is 8.02. The molecule has 1 aliphatic heterocycles. The number of rotatable bonds is 13. The normalized spacial score (nSPS) is 24.0. The Labute approximate surface area is 288 Å². The molecule has 6 amide bonds. The molecule has 2 saturated carbocycles. The van der Waals surface area contributed by atoms with Gasteiger partial charge in [0, 0.05) is 13.1 Å². The maximum atomic E-state index is 14.7. The Morgan fingerprint density at radius 2 is 1.63 bits per heavy atom. The molecule has 3 aliphatic carbocycles. The van der Waals surface area contributed by atoms with E-state index < -0.39 is 59.3 Å². The van der Waals surface area contributed by atoms with Gasteiger partial charge in [0.25, 0.3) is 5.91 Å². The first-order valence-corrected chi connectivity index (χ1v) is 17.5. The van der Waals surface area contributed by atoms with Crippen molar-refractivity contribution < 1.29 is 33.5 Å². The van der Waals surface area contributed by atoms with Gasteiger partial charge in [-0.2, -0.15) is 0 Å². The van der Waals surface area contributed by atoms with Crippen LogP contribution in [0.15, 0.2) is 24.3 Å². The van der Waals surface area contributed by atoms with Crippen LogP contribution in [0.5, 0.6) is 0 Å². The van der Waals surface area contributed by atoms with E-state index in [1.165, 1.54) is 0 Å². The number of amides is 6. The number of ketones is 1. The summed E-state index contributed by atoms with van der Waals surface area (Å²) < 4.78 is 5.35. The van der Waals surface area contributed by atoms with E-state index in [1.54, 1.807) is 11.8 Å². The minimum atomic E-state index is -1.10. The lowest BCUT2D eigenvalue weighted by Crippen LogP contribution is -2.61. The lowest BCUT2D eigenvalue weighted by atomic mass is 9.87. The van der Waals surface area contributed by atoms with Gasteiger partial charge in [0.2, 0.25) is 17.6 Å². The first-order chi connectivity index (χ1) is 23.0. The van der Waals surface area contributed by atoms with Crippen LogP contribution in [0.25, 0.3) is 0 Å². The van der Waals surface area contributed by atoms with Crippen molar-refractivity contribution >= 4 is 35.6 Å². The standard InChI is InChI=1S/C36H52N6O7/c1-7-38-34(48)49-18-25(35(2,3)4)40-33(47)41-27(22-15-20-10-8-9-11-21(20)16-22)32(46)42-17-23-26(36(23,5)6)28(42)31(45)39-24(14-19-12-13-19)29(43)30(37)44/h8-11,19,22-28H,7,12-18H2,1-6H3,(H2,37,44)(H,38,48)(H,39,45)(H2,40,41,47)/t23?,24?,25?,26?,27-,28-/m0/s1. The number of likely N-dealkylation sites (tertiary alicyclic amines) is 1. The molecule has 0 spiro atoms.